The van der Waals surface area contributed by atoms with Crippen LogP contribution in [-0.2, 0) is 0 Å². The Hall–Kier alpha value is -1.18. The SMILES string of the molecule is C=Cc1ccc(-c2n[se]nc2C)cc1. The Morgan fingerprint density at radius 3 is 2.43 bits per heavy atom. The number of rotatable bonds is 2. The van der Waals surface area contributed by atoms with Gasteiger partial charge in [-0.3, -0.25) is 0 Å². The van der Waals surface area contributed by atoms with Crippen molar-refractivity contribution in [2.24, 2.45) is 0 Å². The molecule has 0 amide bonds. The van der Waals surface area contributed by atoms with Gasteiger partial charge in [-0.15, -0.1) is 0 Å². The second kappa shape index (κ2) is 3.91. The molecule has 0 bridgehead atoms. The van der Waals surface area contributed by atoms with Crippen molar-refractivity contribution in [2.75, 3.05) is 0 Å². The molecule has 1 heterocycles. The summed E-state index contributed by atoms with van der Waals surface area (Å²) < 4.78 is 8.68. The zero-order valence-corrected chi connectivity index (χ0v) is 9.61. The predicted molar refractivity (Wildman–Crippen MR) is 59.2 cm³/mol. The molecule has 0 aliphatic carbocycles. The second-order valence-electron chi connectivity index (χ2n) is 3.02. The van der Waals surface area contributed by atoms with Crippen molar-refractivity contribution < 1.29 is 0 Å². The Labute approximate surface area is 89.5 Å². The van der Waals surface area contributed by atoms with Gasteiger partial charge in [0.05, 0.1) is 0 Å². The summed E-state index contributed by atoms with van der Waals surface area (Å²) in [6.07, 6.45) is 1.84. The van der Waals surface area contributed by atoms with Crippen LogP contribution in [0.25, 0.3) is 17.3 Å². The maximum atomic E-state index is 4.39. The minimum atomic E-state index is 0.0660. The first-order valence-electron chi connectivity index (χ1n) is 4.33. The van der Waals surface area contributed by atoms with Gasteiger partial charge in [0.2, 0.25) is 0 Å². The zero-order chi connectivity index (χ0) is 9.97. The van der Waals surface area contributed by atoms with Gasteiger partial charge in [-0.1, -0.05) is 0 Å². The molecule has 0 atom stereocenters. The van der Waals surface area contributed by atoms with Crippen LogP contribution in [0.5, 0.6) is 0 Å². The van der Waals surface area contributed by atoms with Crippen LogP contribution >= 0.6 is 0 Å². The molecule has 1 aromatic heterocycles. The molecule has 0 aliphatic rings. The minimum absolute atomic E-state index is 0.0660. The van der Waals surface area contributed by atoms with Gasteiger partial charge < -0.3 is 0 Å². The Morgan fingerprint density at radius 2 is 1.93 bits per heavy atom. The van der Waals surface area contributed by atoms with Crippen molar-refractivity contribution in [3.63, 3.8) is 0 Å². The first-order valence-corrected chi connectivity index (χ1v) is 5.86. The van der Waals surface area contributed by atoms with Crippen LogP contribution in [0.2, 0.25) is 0 Å². The third kappa shape index (κ3) is 1.69. The molecule has 1 aromatic carbocycles. The Bertz CT molecular complexity index is 443. The molecule has 70 valence electrons. The van der Waals surface area contributed by atoms with Gasteiger partial charge in [-0.05, 0) is 0 Å². The average Bonchev–Trinajstić information content (AvgIpc) is 2.65. The van der Waals surface area contributed by atoms with Gasteiger partial charge in [-0.2, -0.15) is 0 Å². The van der Waals surface area contributed by atoms with Crippen molar-refractivity contribution in [1.29, 1.82) is 0 Å². The number of benzene rings is 1. The van der Waals surface area contributed by atoms with Crippen molar-refractivity contribution in [2.45, 2.75) is 6.92 Å². The monoisotopic (exact) mass is 250 g/mol. The van der Waals surface area contributed by atoms with E-state index in [4.69, 9.17) is 0 Å². The Kier molecular flexibility index (Phi) is 2.62. The summed E-state index contributed by atoms with van der Waals surface area (Å²) in [5.74, 6) is 0. The van der Waals surface area contributed by atoms with Gasteiger partial charge >= 0.3 is 89.3 Å². The molecule has 3 heteroatoms. The van der Waals surface area contributed by atoms with Gasteiger partial charge in [0.25, 0.3) is 0 Å². The Morgan fingerprint density at radius 1 is 1.21 bits per heavy atom. The van der Waals surface area contributed by atoms with Crippen LogP contribution in [-0.4, -0.2) is 22.9 Å². The van der Waals surface area contributed by atoms with E-state index in [1.54, 1.807) is 0 Å². The molecule has 0 aliphatic heterocycles. The van der Waals surface area contributed by atoms with Crippen LogP contribution in [0.1, 0.15) is 11.3 Å². The molecule has 2 nitrogen and oxygen atoms in total. The average molecular weight is 249 g/mol. The fourth-order valence-electron chi connectivity index (χ4n) is 1.27. The van der Waals surface area contributed by atoms with E-state index in [-0.39, 0.29) is 15.0 Å². The molecular weight excluding hydrogens is 239 g/mol. The van der Waals surface area contributed by atoms with Gasteiger partial charge in [-0.25, -0.2) is 0 Å². The molecule has 2 aromatic rings. The number of hydrogen-bond donors (Lipinski definition) is 0. The van der Waals surface area contributed by atoms with Crippen molar-refractivity contribution in [3.8, 4) is 11.3 Å². The molecule has 0 unspecified atom stereocenters. The standard InChI is InChI=1S/C11H10N2Se/c1-3-9-4-6-10(7-5-9)11-8(2)12-14-13-11/h3-7H,1H2,2H3. The summed E-state index contributed by atoms with van der Waals surface area (Å²) in [5, 5.41) is 0. The molecule has 14 heavy (non-hydrogen) atoms. The van der Waals surface area contributed by atoms with E-state index in [2.05, 4.69) is 26.7 Å². The molecule has 0 N–H and O–H groups in total. The first-order chi connectivity index (χ1) is 6.81. The van der Waals surface area contributed by atoms with Crippen LogP contribution in [0.15, 0.2) is 30.8 Å². The van der Waals surface area contributed by atoms with E-state index in [0.717, 1.165) is 22.5 Å². The van der Waals surface area contributed by atoms with Crippen LogP contribution in [0.4, 0.5) is 0 Å². The van der Waals surface area contributed by atoms with Crippen LogP contribution in [0.3, 0.4) is 0 Å². The van der Waals surface area contributed by atoms with E-state index in [9.17, 15) is 0 Å². The zero-order valence-electron chi connectivity index (χ0n) is 7.90. The maximum absolute atomic E-state index is 4.39. The van der Waals surface area contributed by atoms with Crippen LogP contribution < -0.4 is 0 Å². The third-order valence-corrected chi connectivity index (χ3v) is 3.37. The topological polar surface area (TPSA) is 25.8 Å². The number of aromatic nitrogens is 2. The van der Waals surface area contributed by atoms with E-state index >= 15 is 0 Å². The molecule has 0 fully saturated rings. The molecule has 0 radical (unpaired) electrons. The fraction of sp³-hybridized carbons (Fsp3) is 0.0909. The second-order valence-corrected chi connectivity index (χ2v) is 4.13. The van der Waals surface area contributed by atoms with Gasteiger partial charge in [0.15, 0.2) is 0 Å². The van der Waals surface area contributed by atoms with E-state index in [1.165, 1.54) is 0 Å². The van der Waals surface area contributed by atoms with Gasteiger partial charge in [0, 0.05) is 0 Å². The first kappa shape index (κ1) is 9.38. The summed E-state index contributed by atoms with van der Waals surface area (Å²) in [5.41, 5.74) is 4.38. The molecular formula is C11H10N2Se. The molecule has 2 rings (SSSR count). The summed E-state index contributed by atoms with van der Waals surface area (Å²) >= 11 is 0.0660. The third-order valence-electron chi connectivity index (χ3n) is 2.07. The summed E-state index contributed by atoms with van der Waals surface area (Å²) in [4.78, 5) is 0. The summed E-state index contributed by atoms with van der Waals surface area (Å²) in [7, 11) is 0. The molecule has 0 saturated heterocycles. The fourth-order valence-corrected chi connectivity index (χ4v) is 2.46. The summed E-state index contributed by atoms with van der Waals surface area (Å²) in [6, 6.07) is 8.22. The number of nitrogens with zero attached hydrogens (tertiary/aromatic N) is 2. The van der Waals surface area contributed by atoms with E-state index < -0.39 is 0 Å². The van der Waals surface area contributed by atoms with E-state index in [1.807, 2.05) is 25.1 Å². The normalized spacial score (nSPS) is 10.1. The van der Waals surface area contributed by atoms with Crippen molar-refractivity contribution in [1.82, 2.24) is 7.96 Å². The van der Waals surface area contributed by atoms with Crippen molar-refractivity contribution >= 4 is 21.0 Å². The summed E-state index contributed by atoms with van der Waals surface area (Å²) in [6.45, 7) is 5.73. The van der Waals surface area contributed by atoms with Crippen LogP contribution in [0, 0.1) is 6.92 Å². The van der Waals surface area contributed by atoms with Crippen molar-refractivity contribution in [3.05, 3.63) is 42.1 Å². The Balaban J connectivity index is 2.43. The number of aryl methyl sites for hydroxylation is 1. The predicted octanol–water partition coefficient (Wildman–Crippen LogP) is 2.15. The quantitative estimate of drug-likeness (QED) is 0.762. The number of hydrogen-bond acceptors (Lipinski definition) is 2. The molecule has 0 spiro atoms. The molecule has 0 saturated carbocycles. The van der Waals surface area contributed by atoms with E-state index in [0.29, 0.717) is 0 Å². The van der Waals surface area contributed by atoms with Gasteiger partial charge in [0.1, 0.15) is 0 Å².